The Kier molecular flexibility index (Phi) is 7.79. The van der Waals surface area contributed by atoms with Gasteiger partial charge in [0.05, 0.1) is 22.1 Å². The Hall–Kier alpha value is -3.40. The summed E-state index contributed by atoms with van der Waals surface area (Å²) < 4.78 is 4.56. The summed E-state index contributed by atoms with van der Waals surface area (Å²) in [4.78, 5) is 29.2. The molecule has 0 saturated carbocycles. The summed E-state index contributed by atoms with van der Waals surface area (Å²) in [6.07, 6.45) is 0. The van der Waals surface area contributed by atoms with Crippen LogP contribution in [0.25, 0.3) is 43.6 Å². The fraction of sp³-hybridized carbons (Fsp3) is 0.524. The van der Waals surface area contributed by atoms with Crippen LogP contribution in [0.1, 0.15) is 145 Å². The Morgan fingerprint density at radius 1 is 0.391 bits per heavy atom. The SMILES string of the molecule is CC(C)n1c2cc(C(C)(C)C)c(C(C)(C)C)cc2c(=O)c2cc3c(cc21)c(=O)c1cc(C(C)(C)C)c(C(C)(C)C)cc1n3C(C)C. The summed E-state index contributed by atoms with van der Waals surface area (Å²) in [6.45, 7) is 35.5. The predicted octanol–water partition coefficient (Wildman–Crippen LogP) is 11.0. The van der Waals surface area contributed by atoms with E-state index in [4.69, 9.17) is 0 Å². The first-order chi connectivity index (χ1) is 20.9. The Labute approximate surface area is 275 Å². The van der Waals surface area contributed by atoms with Gasteiger partial charge in [-0.05, 0) is 108 Å². The van der Waals surface area contributed by atoms with Gasteiger partial charge in [0.15, 0.2) is 10.9 Å². The van der Waals surface area contributed by atoms with Crippen LogP contribution in [0.5, 0.6) is 0 Å². The summed E-state index contributed by atoms with van der Waals surface area (Å²) in [7, 11) is 0. The van der Waals surface area contributed by atoms with Crippen molar-refractivity contribution in [1.29, 1.82) is 0 Å². The molecule has 0 aliphatic carbocycles. The van der Waals surface area contributed by atoms with Crippen LogP contribution in [-0.4, -0.2) is 9.13 Å². The highest BCUT2D eigenvalue weighted by Gasteiger charge is 2.30. The van der Waals surface area contributed by atoms with Crippen molar-refractivity contribution < 1.29 is 0 Å². The van der Waals surface area contributed by atoms with Gasteiger partial charge in [-0.1, -0.05) is 83.1 Å². The average molecular weight is 621 g/mol. The van der Waals surface area contributed by atoms with Gasteiger partial charge in [-0.2, -0.15) is 0 Å². The molecule has 5 aromatic rings. The lowest BCUT2D eigenvalue weighted by atomic mass is 9.74. The molecule has 0 bridgehead atoms. The topological polar surface area (TPSA) is 44.0 Å². The minimum absolute atomic E-state index is 0.0241. The van der Waals surface area contributed by atoms with Gasteiger partial charge in [-0.25, -0.2) is 0 Å². The monoisotopic (exact) mass is 620 g/mol. The van der Waals surface area contributed by atoms with Gasteiger partial charge >= 0.3 is 0 Å². The number of hydrogen-bond acceptors (Lipinski definition) is 2. The zero-order chi connectivity index (χ0) is 34.6. The molecule has 2 heterocycles. The molecule has 5 rings (SSSR count). The largest absolute Gasteiger partial charge is 0.338 e. The molecule has 4 nitrogen and oxygen atoms in total. The van der Waals surface area contributed by atoms with Gasteiger partial charge in [0.1, 0.15) is 0 Å². The highest BCUT2D eigenvalue weighted by atomic mass is 16.1. The second-order valence-corrected chi connectivity index (χ2v) is 18.3. The fourth-order valence-electron chi connectivity index (χ4n) is 7.42. The van der Waals surface area contributed by atoms with Crippen molar-refractivity contribution in [3.8, 4) is 0 Å². The fourth-order valence-corrected chi connectivity index (χ4v) is 7.42. The summed E-state index contributed by atoms with van der Waals surface area (Å²) >= 11 is 0. The molecule has 0 radical (unpaired) electrons. The predicted molar refractivity (Wildman–Crippen MR) is 201 cm³/mol. The lowest BCUT2D eigenvalue weighted by Gasteiger charge is -2.32. The van der Waals surface area contributed by atoms with E-state index in [0.29, 0.717) is 10.8 Å². The molecule has 0 aliphatic rings. The Bertz CT molecular complexity index is 2000. The maximum Gasteiger partial charge on any atom is 0.197 e. The Balaban J connectivity index is 2.09. The third-order valence-electron chi connectivity index (χ3n) is 9.67. The number of aromatic nitrogens is 2. The standard InChI is InChI=1S/C42H56N2O2/c1-23(2)43-33-19-28-34(20-27(33)37(45)25-17-29(39(5,6)7)31(21-35(25)43)41(11,12)13)44(24(3)4)36-22-32(42(14,15)16)30(40(8,9)10)18-26(36)38(28)46/h17-24H,1-16H3. The smallest absolute Gasteiger partial charge is 0.197 e. The van der Waals surface area contributed by atoms with E-state index in [1.165, 1.54) is 22.3 Å². The lowest BCUT2D eigenvalue weighted by Crippen LogP contribution is -2.24. The first-order valence-corrected chi connectivity index (χ1v) is 17.1. The molecule has 4 heteroatoms. The summed E-state index contributed by atoms with van der Waals surface area (Å²) in [6, 6.07) is 13.0. The van der Waals surface area contributed by atoms with Crippen molar-refractivity contribution in [2.24, 2.45) is 0 Å². The number of rotatable bonds is 2. The van der Waals surface area contributed by atoms with Crippen molar-refractivity contribution in [3.05, 3.63) is 79.1 Å². The molecule has 0 amide bonds. The molecule has 0 atom stereocenters. The van der Waals surface area contributed by atoms with Crippen molar-refractivity contribution in [2.75, 3.05) is 0 Å². The third-order valence-corrected chi connectivity index (χ3v) is 9.67. The molecule has 0 saturated heterocycles. The van der Waals surface area contributed by atoms with Gasteiger partial charge in [-0.15, -0.1) is 0 Å². The van der Waals surface area contributed by atoms with Gasteiger partial charge in [0.25, 0.3) is 0 Å². The van der Waals surface area contributed by atoms with Gasteiger partial charge in [-0.3, -0.25) is 9.59 Å². The second kappa shape index (κ2) is 10.6. The lowest BCUT2D eigenvalue weighted by molar-refractivity contribution is 0.530. The van der Waals surface area contributed by atoms with Crippen LogP contribution in [-0.2, 0) is 21.7 Å². The molecule has 0 aliphatic heterocycles. The van der Waals surface area contributed by atoms with E-state index in [1.54, 1.807) is 0 Å². The van der Waals surface area contributed by atoms with E-state index in [0.717, 1.165) is 32.8 Å². The van der Waals surface area contributed by atoms with Crippen molar-refractivity contribution in [1.82, 2.24) is 9.13 Å². The zero-order valence-electron chi connectivity index (χ0n) is 31.3. The summed E-state index contributed by atoms with van der Waals surface area (Å²) in [5.74, 6) is 0. The molecular weight excluding hydrogens is 564 g/mol. The van der Waals surface area contributed by atoms with Crippen LogP contribution in [0, 0.1) is 0 Å². The zero-order valence-corrected chi connectivity index (χ0v) is 31.3. The first kappa shape index (κ1) is 33.9. The normalized spacial score (nSPS) is 13.8. The van der Waals surface area contributed by atoms with Crippen LogP contribution in [0.15, 0.2) is 46.0 Å². The van der Waals surface area contributed by atoms with E-state index >= 15 is 0 Å². The minimum atomic E-state index is -0.127. The maximum absolute atomic E-state index is 14.6. The number of pyridine rings is 2. The van der Waals surface area contributed by atoms with Crippen molar-refractivity contribution in [3.63, 3.8) is 0 Å². The molecule has 46 heavy (non-hydrogen) atoms. The Morgan fingerprint density at radius 3 is 0.848 bits per heavy atom. The second-order valence-electron chi connectivity index (χ2n) is 18.3. The first-order valence-electron chi connectivity index (χ1n) is 17.1. The molecule has 0 N–H and O–H groups in total. The van der Waals surface area contributed by atoms with Crippen molar-refractivity contribution in [2.45, 2.75) is 145 Å². The summed E-state index contributed by atoms with van der Waals surface area (Å²) in [5, 5.41) is 2.80. The minimum Gasteiger partial charge on any atom is -0.338 e. The van der Waals surface area contributed by atoms with Crippen LogP contribution in [0.2, 0.25) is 0 Å². The Morgan fingerprint density at radius 2 is 0.609 bits per heavy atom. The quantitative estimate of drug-likeness (QED) is 0.184. The van der Waals surface area contributed by atoms with E-state index < -0.39 is 0 Å². The molecule has 0 unspecified atom stereocenters. The van der Waals surface area contributed by atoms with Gasteiger partial charge < -0.3 is 9.13 Å². The van der Waals surface area contributed by atoms with E-state index in [1.807, 2.05) is 12.1 Å². The highest BCUT2D eigenvalue weighted by Crippen LogP contribution is 2.40. The number of benzene rings is 3. The molecule has 0 fully saturated rings. The van der Waals surface area contributed by atoms with Crippen LogP contribution < -0.4 is 10.9 Å². The van der Waals surface area contributed by atoms with Gasteiger partial charge in [0.2, 0.25) is 0 Å². The molecule has 246 valence electrons. The summed E-state index contributed by atoms with van der Waals surface area (Å²) in [5.41, 5.74) is 7.99. The average Bonchev–Trinajstić information content (AvgIpc) is 2.89. The van der Waals surface area contributed by atoms with Gasteiger partial charge in [0, 0.05) is 33.6 Å². The van der Waals surface area contributed by atoms with Crippen LogP contribution in [0.4, 0.5) is 0 Å². The molecule has 2 aromatic heterocycles. The molecule has 0 spiro atoms. The van der Waals surface area contributed by atoms with E-state index in [-0.39, 0.29) is 44.6 Å². The number of hydrogen-bond donors (Lipinski definition) is 0. The number of nitrogens with zero attached hydrogens (tertiary/aromatic N) is 2. The molecular formula is C42H56N2O2. The van der Waals surface area contributed by atoms with Crippen LogP contribution in [0.3, 0.4) is 0 Å². The third kappa shape index (κ3) is 5.40. The van der Waals surface area contributed by atoms with Crippen LogP contribution >= 0.6 is 0 Å². The van der Waals surface area contributed by atoms with E-state index in [9.17, 15) is 9.59 Å². The highest BCUT2D eigenvalue weighted by molar-refractivity contribution is 6.04. The van der Waals surface area contributed by atoms with Crippen molar-refractivity contribution >= 4 is 43.6 Å². The molecule has 3 aromatic carbocycles. The van der Waals surface area contributed by atoms with E-state index in [2.05, 4.69) is 144 Å². The maximum atomic E-state index is 14.6. The number of fused-ring (bicyclic) bond motifs is 4.